The SMILES string of the molecule is COc1cc(C=C[N+](=O)[O-])ccc1OC(=O)c1c(OC)cccc1OC. The van der Waals surface area contributed by atoms with Crippen LogP contribution in [0.3, 0.4) is 0 Å². The summed E-state index contributed by atoms with van der Waals surface area (Å²) in [5, 5.41) is 10.4. The molecule has 2 aromatic rings. The minimum absolute atomic E-state index is 0.136. The minimum atomic E-state index is -0.689. The first-order valence-corrected chi connectivity index (χ1v) is 7.43. The molecular formula is C18H17NO7. The van der Waals surface area contributed by atoms with E-state index in [0.717, 1.165) is 6.20 Å². The molecule has 26 heavy (non-hydrogen) atoms. The van der Waals surface area contributed by atoms with Crippen LogP contribution in [0.1, 0.15) is 15.9 Å². The van der Waals surface area contributed by atoms with E-state index in [-0.39, 0.29) is 17.1 Å². The monoisotopic (exact) mass is 359 g/mol. The number of ether oxygens (including phenoxy) is 4. The highest BCUT2D eigenvalue weighted by Gasteiger charge is 2.21. The van der Waals surface area contributed by atoms with Gasteiger partial charge in [-0.2, -0.15) is 0 Å². The van der Waals surface area contributed by atoms with Gasteiger partial charge in [0.05, 0.1) is 26.3 Å². The number of carbonyl (C=O) groups is 1. The highest BCUT2D eigenvalue weighted by molar-refractivity contribution is 5.97. The average Bonchev–Trinajstić information content (AvgIpc) is 2.66. The van der Waals surface area contributed by atoms with Crippen molar-refractivity contribution >= 4 is 12.0 Å². The molecule has 0 fully saturated rings. The van der Waals surface area contributed by atoms with Gasteiger partial charge in [-0.05, 0) is 29.8 Å². The summed E-state index contributed by atoms with van der Waals surface area (Å²) < 4.78 is 21.0. The summed E-state index contributed by atoms with van der Waals surface area (Å²) >= 11 is 0. The van der Waals surface area contributed by atoms with Gasteiger partial charge in [0.25, 0.3) is 0 Å². The first-order valence-electron chi connectivity index (χ1n) is 7.43. The number of hydrogen-bond acceptors (Lipinski definition) is 7. The van der Waals surface area contributed by atoms with Crippen LogP contribution >= 0.6 is 0 Å². The molecule has 2 aromatic carbocycles. The molecule has 0 N–H and O–H groups in total. The van der Waals surface area contributed by atoms with Crippen LogP contribution in [0.5, 0.6) is 23.0 Å². The predicted octanol–water partition coefficient (Wildman–Crippen LogP) is 3.18. The Labute approximate surface area is 149 Å². The van der Waals surface area contributed by atoms with Crippen LogP contribution in [0, 0.1) is 10.1 Å². The number of methoxy groups -OCH3 is 3. The number of nitro groups is 1. The van der Waals surface area contributed by atoms with Crippen LogP contribution in [0.4, 0.5) is 0 Å². The fraction of sp³-hybridized carbons (Fsp3) is 0.167. The Morgan fingerprint density at radius 3 is 2.12 bits per heavy atom. The number of esters is 1. The molecule has 0 aliphatic carbocycles. The van der Waals surface area contributed by atoms with E-state index in [0.29, 0.717) is 17.1 Å². The summed E-state index contributed by atoms with van der Waals surface area (Å²) in [4.78, 5) is 22.4. The third-order valence-corrected chi connectivity index (χ3v) is 3.41. The van der Waals surface area contributed by atoms with Gasteiger partial charge in [-0.1, -0.05) is 12.1 Å². The molecule has 0 spiro atoms. The Balaban J connectivity index is 2.34. The zero-order valence-electron chi connectivity index (χ0n) is 14.4. The molecule has 0 unspecified atom stereocenters. The van der Waals surface area contributed by atoms with Crippen LogP contribution in [0.15, 0.2) is 42.6 Å². The number of nitrogens with zero attached hydrogens (tertiary/aromatic N) is 1. The number of hydrogen-bond donors (Lipinski definition) is 0. The smallest absolute Gasteiger partial charge is 0.351 e. The summed E-state index contributed by atoms with van der Waals surface area (Å²) in [5.41, 5.74) is 0.657. The van der Waals surface area contributed by atoms with E-state index in [4.69, 9.17) is 18.9 Å². The molecule has 8 nitrogen and oxygen atoms in total. The van der Waals surface area contributed by atoms with Gasteiger partial charge in [-0.15, -0.1) is 0 Å². The fourth-order valence-electron chi connectivity index (χ4n) is 2.22. The highest BCUT2D eigenvalue weighted by atomic mass is 16.6. The maximum atomic E-state index is 12.6. The molecule has 0 heterocycles. The van der Waals surface area contributed by atoms with Crippen molar-refractivity contribution in [3.8, 4) is 23.0 Å². The van der Waals surface area contributed by atoms with Crippen molar-refractivity contribution in [1.29, 1.82) is 0 Å². The predicted molar refractivity (Wildman–Crippen MR) is 93.5 cm³/mol. The molecule has 136 valence electrons. The van der Waals surface area contributed by atoms with Crippen molar-refractivity contribution in [2.24, 2.45) is 0 Å². The van der Waals surface area contributed by atoms with E-state index >= 15 is 0 Å². The first-order chi connectivity index (χ1) is 12.5. The van der Waals surface area contributed by atoms with Gasteiger partial charge in [0.2, 0.25) is 6.20 Å². The Morgan fingerprint density at radius 2 is 1.58 bits per heavy atom. The molecule has 0 radical (unpaired) electrons. The van der Waals surface area contributed by atoms with Crippen molar-refractivity contribution in [1.82, 2.24) is 0 Å². The van der Waals surface area contributed by atoms with E-state index in [9.17, 15) is 14.9 Å². The lowest BCUT2D eigenvalue weighted by atomic mass is 10.1. The minimum Gasteiger partial charge on any atom is -0.496 e. The normalized spacial score (nSPS) is 10.4. The Kier molecular flexibility index (Phi) is 6.15. The zero-order valence-corrected chi connectivity index (χ0v) is 14.4. The van der Waals surface area contributed by atoms with Crippen molar-refractivity contribution < 1.29 is 28.7 Å². The van der Waals surface area contributed by atoms with Gasteiger partial charge in [-0.25, -0.2) is 4.79 Å². The van der Waals surface area contributed by atoms with Crippen LogP contribution in [0.2, 0.25) is 0 Å². The molecule has 0 atom stereocenters. The van der Waals surface area contributed by atoms with Crippen LogP contribution in [-0.4, -0.2) is 32.2 Å². The quantitative estimate of drug-likeness (QED) is 0.324. The van der Waals surface area contributed by atoms with Gasteiger partial charge < -0.3 is 18.9 Å². The largest absolute Gasteiger partial charge is 0.496 e. The molecule has 0 saturated carbocycles. The molecule has 0 aromatic heterocycles. The third-order valence-electron chi connectivity index (χ3n) is 3.41. The molecule has 0 bridgehead atoms. The molecule has 2 rings (SSSR count). The van der Waals surface area contributed by atoms with E-state index < -0.39 is 10.9 Å². The molecule has 0 saturated heterocycles. The molecule has 0 aliphatic rings. The number of benzene rings is 2. The summed E-state index contributed by atoms with van der Waals surface area (Å²) in [6, 6.07) is 9.47. The van der Waals surface area contributed by atoms with E-state index in [1.54, 1.807) is 24.3 Å². The summed E-state index contributed by atoms with van der Waals surface area (Å²) in [7, 11) is 4.27. The van der Waals surface area contributed by atoms with E-state index in [2.05, 4.69) is 0 Å². The summed E-state index contributed by atoms with van der Waals surface area (Å²) in [6.45, 7) is 0. The zero-order chi connectivity index (χ0) is 19.1. The number of rotatable bonds is 7. The first kappa shape index (κ1) is 18.8. The molecular weight excluding hydrogens is 342 g/mol. The maximum Gasteiger partial charge on any atom is 0.351 e. The second kappa shape index (κ2) is 8.52. The second-order valence-corrected chi connectivity index (χ2v) is 4.94. The van der Waals surface area contributed by atoms with Crippen LogP contribution in [-0.2, 0) is 0 Å². The van der Waals surface area contributed by atoms with Gasteiger partial charge in [0.1, 0.15) is 17.1 Å². The van der Waals surface area contributed by atoms with Gasteiger partial charge in [-0.3, -0.25) is 10.1 Å². The Morgan fingerprint density at radius 1 is 0.962 bits per heavy atom. The number of carbonyl (C=O) groups excluding carboxylic acids is 1. The van der Waals surface area contributed by atoms with Crippen LogP contribution in [0.25, 0.3) is 6.08 Å². The van der Waals surface area contributed by atoms with E-state index in [1.807, 2.05) is 0 Å². The van der Waals surface area contributed by atoms with E-state index in [1.165, 1.54) is 39.5 Å². The standard InChI is InChI=1S/C18H17NO7/c1-23-14-5-4-6-15(24-2)17(14)18(20)26-13-8-7-12(9-10-19(21)22)11-16(13)25-3/h4-11H,1-3H3. The average molecular weight is 359 g/mol. The lowest BCUT2D eigenvalue weighted by Gasteiger charge is -2.14. The van der Waals surface area contributed by atoms with Gasteiger partial charge in [0.15, 0.2) is 11.5 Å². The summed E-state index contributed by atoms with van der Waals surface area (Å²) in [5.74, 6) is 0.324. The maximum absolute atomic E-state index is 12.6. The molecule has 0 amide bonds. The topological polar surface area (TPSA) is 97.1 Å². The molecule has 8 heteroatoms. The Hall–Kier alpha value is -3.55. The lowest BCUT2D eigenvalue weighted by molar-refractivity contribution is -0.400. The summed E-state index contributed by atoms with van der Waals surface area (Å²) in [6.07, 6.45) is 2.11. The highest BCUT2D eigenvalue weighted by Crippen LogP contribution is 2.33. The molecule has 0 aliphatic heterocycles. The second-order valence-electron chi connectivity index (χ2n) is 4.94. The van der Waals surface area contributed by atoms with Crippen molar-refractivity contribution in [3.63, 3.8) is 0 Å². The lowest BCUT2D eigenvalue weighted by Crippen LogP contribution is -2.12. The van der Waals surface area contributed by atoms with Crippen molar-refractivity contribution in [2.75, 3.05) is 21.3 Å². The van der Waals surface area contributed by atoms with Gasteiger partial charge in [0, 0.05) is 6.08 Å². The van der Waals surface area contributed by atoms with Crippen molar-refractivity contribution in [3.05, 3.63) is 63.8 Å². The fourth-order valence-corrected chi connectivity index (χ4v) is 2.22. The third kappa shape index (κ3) is 4.29. The van der Waals surface area contributed by atoms with Crippen molar-refractivity contribution in [2.45, 2.75) is 0 Å². The van der Waals surface area contributed by atoms with Gasteiger partial charge >= 0.3 is 5.97 Å². The Bertz CT molecular complexity index is 823. The van der Waals surface area contributed by atoms with Crippen LogP contribution < -0.4 is 18.9 Å².